The minimum absolute atomic E-state index is 0.0888. The summed E-state index contributed by atoms with van der Waals surface area (Å²) in [7, 11) is 0. The predicted octanol–water partition coefficient (Wildman–Crippen LogP) is 3.35. The molecule has 1 aromatic heterocycles. The summed E-state index contributed by atoms with van der Waals surface area (Å²) in [5, 5.41) is 2.06. The van der Waals surface area contributed by atoms with Crippen LogP contribution in [0.25, 0.3) is 0 Å². The summed E-state index contributed by atoms with van der Waals surface area (Å²) in [5.41, 5.74) is 5.48. The maximum Gasteiger partial charge on any atom is 0.126 e. The van der Waals surface area contributed by atoms with E-state index in [9.17, 15) is 4.39 Å². The van der Waals surface area contributed by atoms with Crippen LogP contribution in [0, 0.1) is 15.6 Å². The molecule has 3 N–H and O–H groups in total. The van der Waals surface area contributed by atoms with Crippen LogP contribution in [-0.2, 0) is 0 Å². The Labute approximate surface area is 117 Å². The van der Waals surface area contributed by atoms with Crippen molar-refractivity contribution < 1.29 is 4.39 Å². The van der Waals surface area contributed by atoms with Crippen molar-refractivity contribution in [3.05, 3.63) is 55.0 Å². The third-order valence-electron chi connectivity index (χ3n) is 2.60. The van der Waals surface area contributed by atoms with Crippen molar-refractivity contribution in [3.8, 4) is 0 Å². The average molecular weight is 362 g/mol. The van der Waals surface area contributed by atoms with Gasteiger partial charge in [0.25, 0.3) is 0 Å². The molecule has 0 aliphatic heterocycles. The van der Waals surface area contributed by atoms with E-state index >= 15 is 0 Å². The summed E-state index contributed by atoms with van der Waals surface area (Å²) in [5.74, 6) is 5.40. The summed E-state index contributed by atoms with van der Waals surface area (Å²) >= 11 is 3.94. The van der Waals surface area contributed by atoms with Gasteiger partial charge in [0.15, 0.2) is 0 Å². The molecule has 1 unspecified atom stereocenters. The molecule has 0 fully saturated rings. The predicted molar refractivity (Wildman–Crippen MR) is 77.3 cm³/mol. The van der Waals surface area contributed by atoms with E-state index in [0.717, 1.165) is 11.1 Å². The largest absolute Gasteiger partial charge is 0.271 e. The number of benzene rings is 1. The lowest BCUT2D eigenvalue weighted by Crippen LogP contribution is -2.28. The first-order valence-electron chi connectivity index (χ1n) is 5.08. The van der Waals surface area contributed by atoms with E-state index < -0.39 is 0 Å². The molecule has 0 radical (unpaired) electrons. The fourth-order valence-electron chi connectivity index (χ4n) is 1.71. The second-order valence-corrected chi connectivity index (χ2v) is 6.60. The first-order valence-corrected chi connectivity index (χ1v) is 7.03. The molecule has 2 rings (SSSR count). The Hall–Kier alpha value is -0.500. The fourth-order valence-corrected chi connectivity index (χ4v) is 3.11. The van der Waals surface area contributed by atoms with Gasteiger partial charge in [0, 0.05) is 0 Å². The topological polar surface area (TPSA) is 38.0 Å². The molecule has 0 spiro atoms. The summed E-state index contributed by atoms with van der Waals surface area (Å²) < 4.78 is 14.4. The highest BCUT2D eigenvalue weighted by Crippen LogP contribution is 2.27. The minimum atomic E-state index is -0.190. The van der Waals surface area contributed by atoms with Crippen LogP contribution in [0.15, 0.2) is 29.6 Å². The van der Waals surface area contributed by atoms with E-state index in [1.165, 1.54) is 8.95 Å². The highest BCUT2D eigenvalue weighted by Gasteiger charge is 2.14. The zero-order valence-corrected chi connectivity index (χ0v) is 12.2. The van der Waals surface area contributed by atoms with Gasteiger partial charge < -0.3 is 0 Å². The number of hydrogen-bond acceptors (Lipinski definition) is 3. The number of nitrogens with two attached hydrogens (primary N) is 1. The van der Waals surface area contributed by atoms with Crippen LogP contribution in [0.1, 0.15) is 22.7 Å². The average Bonchev–Trinajstić information content (AvgIpc) is 2.71. The number of rotatable bonds is 3. The van der Waals surface area contributed by atoms with Gasteiger partial charge in [-0.05, 0) is 63.7 Å². The quantitative estimate of drug-likeness (QED) is 0.499. The summed E-state index contributed by atoms with van der Waals surface area (Å²) in [4.78, 5) is 0. The molecule has 5 heteroatoms. The van der Waals surface area contributed by atoms with Gasteiger partial charge >= 0.3 is 0 Å². The monoisotopic (exact) mass is 362 g/mol. The smallest absolute Gasteiger partial charge is 0.126 e. The van der Waals surface area contributed by atoms with Gasteiger partial charge in [-0.1, -0.05) is 12.1 Å². The molecule has 17 heavy (non-hydrogen) atoms. The molecule has 0 saturated carbocycles. The van der Waals surface area contributed by atoms with Crippen molar-refractivity contribution in [2.45, 2.75) is 13.0 Å². The standard InChI is InChI=1S/C12H12FIN2S/c1-7-4-8(2-3-10(7)13)12(16-15)9-5-11(14)17-6-9/h2-6,12,16H,15H2,1H3. The zero-order chi connectivity index (χ0) is 12.4. The SMILES string of the molecule is Cc1cc(C(NN)c2csc(I)c2)ccc1F. The van der Waals surface area contributed by atoms with Crippen molar-refractivity contribution in [3.63, 3.8) is 0 Å². The zero-order valence-electron chi connectivity index (χ0n) is 9.21. The molecule has 0 aliphatic rings. The molecule has 1 aromatic carbocycles. The Morgan fingerprint density at radius 2 is 2.12 bits per heavy atom. The van der Waals surface area contributed by atoms with Crippen molar-refractivity contribution in [2.24, 2.45) is 5.84 Å². The summed E-state index contributed by atoms with van der Waals surface area (Å²) in [6.07, 6.45) is 0. The van der Waals surface area contributed by atoms with Gasteiger partial charge in [-0.15, -0.1) is 11.3 Å². The molecule has 2 nitrogen and oxygen atoms in total. The van der Waals surface area contributed by atoms with Crippen LogP contribution < -0.4 is 11.3 Å². The lowest BCUT2D eigenvalue weighted by molar-refractivity contribution is 0.608. The first kappa shape index (κ1) is 12.9. The molecule has 0 saturated heterocycles. The Bertz CT molecular complexity index is 527. The van der Waals surface area contributed by atoms with Gasteiger partial charge in [-0.25, -0.2) is 9.82 Å². The molecule has 0 amide bonds. The molecule has 1 atom stereocenters. The van der Waals surface area contributed by atoms with Crippen molar-refractivity contribution in [2.75, 3.05) is 0 Å². The van der Waals surface area contributed by atoms with E-state index in [1.54, 1.807) is 24.3 Å². The Kier molecular flexibility index (Phi) is 4.13. The lowest BCUT2D eigenvalue weighted by Gasteiger charge is -2.15. The highest BCUT2D eigenvalue weighted by atomic mass is 127. The maximum absolute atomic E-state index is 13.2. The van der Waals surface area contributed by atoms with Crippen LogP contribution in [0.5, 0.6) is 0 Å². The molecule has 2 aromatic rings. The van der Waals surface area contributed by atoms with Crippen LogP contribution in [0.4, 0.5) is 4.39 Å². The Balaban J connectivity index is 2.38. The van der Waals surface area contributed by atoms with E-state index in [4.69, 9.17) is 5.84 Å². The van der Waals surface area contributed by atoms with Crippen molar-refractivity contribution in [1.82, 2.24) is 5.43 Å². The van der Waals surface area contributed by atoms with E-state index in [0.29, 0.717) is 5.56 Å². The summed E-state index contributed by atoms with van der Waals surface area (Å²) in [6.45, 7) is 1.75. The van der Waals surface area contributed by atoms with Gasteiger partial charge in [0.05, 0.1) is 8.93 Å². The lowest BCUT2D eigenvalue weighted by atomic mass is 10.00. The highest BCUT2D eigenvalue weighted by molar-refractivity contribution is 14.1. The van der Waals surface area contributed by atoms with Crippen LogP contribution in [0.3, 0.4) is 0 Å². The number of hydrazine groups is 1. The number of nitrogens with one attached hydrogen (secondary N) is 1. The second-order valence-electron chi connectivity index (χ2n) is 3.79. The Morgan fingerprint density at radius 3 is 2.65 bits per heavy atom. The van der Waals surface area contributed by atoms with Gasteiger partial charge in [-0.2, -0.15) is 0 Å². The van der Waals surface area contributed by atoms with Crippen LogP contribution >= 0.6 is 33.9 Å². The minimum Gasteiger partial charge on any atom is -0.271 e. The molecule has 90 valence electrons. The first-order chi connectivity index (χ1) is 8.11. The molecule has 0 aliphatic carbocycles. The van der Waals surface area contributed by atoms with Crippen molar-refractivity contribution >= 4 is 33.9 Å². The fraction of sp³-hybridized carbons (Fsp3) is 0.167. The maximum atomic E-state index is 13.2. The molecular formula is C12H12FIN2S. The third kappa shape index (κ3) is 2.85. The van der Waals surface area contributed by atoms with E-state index in [2.05, 4.69) is 39.5 Å². The third-order valence-corrected chi connectivity index (χ3v) is 4.41. The molecular weight excluding hydrogens is 350 g/mol. The van der Waals surface area contributed by atoms with E-state index in [-0.39, 0.29) is 11.9 Å². The number of halogens is 2. The Morgan fingerprint density at radius 1 is 1.35 bits per heavy atom. The number of thiophene rings is 1. The van der Waals surface area contributed by atoms with Crippen LogP contribution in [0.2, 0.25) is 0 Å². The molecule has 0 bridgehead atoms. The van der Waals surface area contributed by atoms with Gasteiger partial charge in [0.2, 0.25) is 0 Å². The van der Waals surface area contributed by atoms with Gasteiger partial charge in [0.1, 0.15) is 5.82 Å². The molecule has 1 heterocycles. The van der Waals surface area contributed by atoms with Gasteiger partial charge in [-0.3, -0.25) is 5.84 Å². The van der Waals surface area contributed by atoms with Crippen molar-refractivity contribution in [1.29, 1.82) is 0 Å². The number of aryl methyl sites for hydroxylation is 1. The second kappa shape index (κ2) is 5.43. The number of hydrogen-bond donors (Lipinski definition) is 2. The normalized spacial score (nSPS) is 12.7. The van der Waals surface area contributed by atoms with Crippen LogP contribution in [-0.4, -0.2) is 0 Å². The van der Waals surface area contributed by atoms with E-state index in [1.807, 2.05) is 6.07 Å². The summed E-state index contributed by atoms with van der Waals surface area (Å²) in [6, 6.07) is 7.05.